The number of nitrogens with one attached hydrogen (secondary N) is 1. The molecule has 1 unspecified atom stereocenters. The van der Waals surface area contributed by atoms with Gasteiger partial charge in [-0.15, -0.1) is 0 Å². The topological polar surface area (TPSA) is 84.9 Å². The van der Waals surface area contributed by atoms with Gasteiger partial charge < -0.3 is 14.8 Å². The van der Waals surface area contributed by atoms with E-state index < -0.39 is 15.9 Å². The quantitative estimate of drug-likeness (QED) is 0.691. The molecule has 0 aliphatic heterocycles. The Balaban J connectivity index is 2.14. The molecule has 1 amide bonds. The molecule has 7 nitrogen and oxygen atoms in total. The maximum absolute atomic E-state index is 12.4. The Kier molecular flexibility index (Phi) is 7.28. The summed E-state index contributed by atoms with van der Waals surface area (Å²) in [6, 6.07) is 14.5. The third-order valence-electron chi connectivity index (χ3n) is 4.32. The lowest BCUT2D eigenvalue weighted by Crippen LogP contribution is -2.41. The third-order valence-corrected chi connectivity index (χ3v) is 5.44. The number of methoxy groups -OCH3 is 2. The number of sulfonamides is 1. The summed E-state index contributed by atoms with van der Waals surface area (Å²) in [6.45, 7) is 2.06. The number of hydrogen-bond acceptors (Lipinski definition) is 5. The first-order valence-corrected chi connectivity index (χ1v) is 10.6. The highest BCUT2D eigenvalue weighted by atomic mass is 32.2. The van der Waals surface area contributed by atoms with Crippen LogP contribution in [0.5, 0.6) is 11.5 Å². The average Bonchev–Trinajstić information content (AvgIpc) is 2.69. The Morgan fingerprint density at radius 2 is 1.79 bits per heavy atom. The van der Waals surface area contributed by atoms with Crippen molar-refractivity contribution in [2.24, 2.45) is 0 Å². The summed E-state index contributed by atoms with van der Waals surface area (Å²) in [7, 11) is -0.769. The Labute approximate surface area is 166 Å². The van der Waals surface area contributed by atoms with Gasteiger partial charge >= 0.3 is 0 Å². The van der Waals surface area contributed by atoms with Crippen LogP contribution in [-0.4, -0.2) is 47.9 Å². The van der Waals surface area contributed by atoms with Gasteiger partial charge in [-0.3, -0.25) is 9.10 Å². The molecule has 0 aliphatic rings. The molecule has 1 atom stereocenters. The minimum atomic E-state index is -3.70. The minimum absolute atomic E-state index is 0.104. The molecule has 0 aromatic heterocycles. The molecule has 8 heteroatoms. The zero-order valence-electron chi connectivity index (χ0n) is 16.5. The Morgan fingerprint density at radius 1 is 1.11 bits per heavy atom. The van der Waals surface area contributed by atoms with Crippen molar-refractivity contribution in [3.8, 4) is 11.5 Å². The van der Waals surface area contributed by atoms with Crippen molar-refractivity contribution < 1.29 is 22.7 Å². The van der Waals surface area contributed by atoms with E-state index in [1.165, 1.54) is 14.2 Å². The number of amides is 1. The molecule has 0 aliphatic carbocycles. The van der Waals surface area contributed by atoms with Gasteiger partial charge in [0.15, 0.2) is 0 Å². The third kappa shape index (κ3) is 5.63. The monoisotopic (exact) mass is 406 g/mol. The second-order valence-corrected chi connectivity index (χ2v) is 8.33. The summed E-state index contributed by atoms with van der Waals surface area (Å²) >= 11 is 0. The summed E-state index contributed by atoms with van der Waals surface area (Å²) in [5, 5.41) is 2.80. The van der Waals surface area contributed by atoms with E-state index in [4.69, 9.17) is 9.47 Å². The smallest absolute Gasteiger partial charge is 0.240 e. The molecule has 0 radical (unpaired) electrons. The van der Waals surface area contributed by atoms with Crippen LogP contribution in [0.3, 0.4) is 0 Å². The largest absolute Gasteiger partial charge is 0.497 e. The number of carbonyl (C=O) groups is 1. The maximum Gasteiger partial charge on any atom is 0.240 e. The summed E-state index contributed by atoms with van der Waals surface area (Å²) in [6.07, 6.45) is 1.05. The summed E-state index contributed by atoms with van der Waals surface area (Å²) in [4.78, 5) is 12.4. The van der Waals surface area contributed by atoms with Crippen molar-refractivity contribution in [3.63, 3.8) is 0 Å². The molecular weight excluding hydrogens is 380 g/mol. The highest BCUT2D eigenvalue weighted by Crippen LogP contribution is 2.33. The lowest BCUT2D eigenvalue weighted by atomic mass is 10.0. The number of anilines is 1. The van der Waals surface area contributed by atoms with Crippen LogP contribution < -0.4 is 19.1 Å². The molecule has 2 aromatic carbocycles. The van der Waals surface area contributed by atoms with Crippen LogP contribution in [0.2, 0.25) is 0 Å². The number of carbonyl (C=O) groups excluding carboxylic acids is 1. The van der Waals surface area contributed by atoms with Gasteiger partial charge in [0.25, 0.3) is 0 Å². The van der Waals surface area contributed by atoms with Gasteiger partial charge in [0.1, 0.15) is 18.0 Å². The summed E-state index contributed by atoms with van der Waals surface area (Å²) in [5.41, 5.74) is 1.37. The van der Waals surface area contributed by atoms with Gasteiger partial charge in [0.2, 0.25) is 15.9 Å². The van der Waals surface area contributed by atoms with Crippen LogP contribution >= 0.6 is 0 Å². The SMILES string of the molecule is COc1ccc(N(CC(=O)NCC(C)c2ccccc2)S(C)(=O)=O)c(OC)c1. The number of ether oxygens (including phenoxy) is 2. The van der Waals surface area contributed by atoms with Gasteiger partial charge in [-0.05, 0) is 23.6 Å². The van der Waals surface area contributed by atoms with Crippen molar-refractivity contribution in [1.29, 1.82) is 0 Å². The van der Waals surface area contributed by atoms with Crippen molar-refractivity contribution in [3.05, 3.63) is 54.1 Å². The summed E-state index contributed by atoms with van der Waals surface area (Å²) < 4.78 is 36.1. The van der Waals surface area contributed by atoms with Crippen molar-refractivity contribution in [2.75, 3.05) is 37.9 Å². The molecule has 0 saturated heterocycles. The van der Waals surface area contributed by atoms with E-state index in [1.54, 1.807) is 18.2 Å². The van der Waals surface area contributed by atoms with E-state index in [1.807, 2.05) is 37.3 Å². The van der Waals surface area contributed by atoms with E-state index in [9.17, 15) is 13.2 Å². The van der Waals surface area contributed by atoms with Crippen molar-refractivity contribution >= 4 is 21.6 Å². The zero-order chi connectivity index (χ0) is 20.7. The average molecular weight is 407 g/mol. The van der Waals surface area contributed by atoms with Crippen LogP contribution in [-0.2, 0) is 14.8 Å². The molecule has 0 spiro atoms. The van der Waals surface area contributed by atoms with Crippen LogP contribution in [0.25, 0.3) is 0 Å². The Hall–Kier alpha value is -2.74. The fourth-order valence-electron chi connectivity index (χ4n) is 2.72. The number of hydrogen-bond donors (Lipinski definition) is 1. The van der Waals surface area contributed by atoms with E-state index in [-0.39, 0.29) is 18.2 Å². The highest BCUT2D eigenvalue weighted by Gasteiger charge is 2.24. The van der Waals surface area contributed by atoms with Crippen LogP contribution in [0, 0.1) is 0 Å². The van der Waals surface area contributed by atoms with E-state index in [0.29, 0.717) is 18.0 Å². The van der Waals surface area contributed by atoms with Crippen molar-refractivity contribution in [2.45, 2.75) is 12.8 Å². The van der Waals surface area contributed by atoms with Gasteiger partial charge in [0, 0.05) is 12.6 Å². The fourth-order valence-corrected chi connectivity index (χ4v) is 3.58. The van der Waals surface area contributed by atoms with Gasteiger partial charge in [-0.1, -0.05) is 37.3 Å². The molecule has 0 heterocycles. The first-order valence-electron chi connectivity index (χ1n) is 8.77. The number of benzene rings is 2. The lowest BCUT2D eigenvalue weighted by molar-refractivity contribution is -0.119. The predicted octanol–water partition coefficient (Wildman–Crippen LogP) is 2.39. The molecule has 1 N–H and O–H groups in total. The van der Waals surface area contributed by atoms with E-state index >= 15 is 0 Å². The molecule has 2 aromatic rings. The lowest BCUT2D eigenvalue weighted by Gasteiger charge is -2.24. The maximum atomic E-state index is 12.4. The van der Waals surface area contributed by atoms with E-state index in [0.717, 1.165) is 16.1 Å². The van der Waals surface area contributed by atoms with Gasteiger partial charge in [0.05, 0.1) is 26.2 Å². The van der Waals surface area contributed by atoms with Gasteiger partial charge in [-0.25, -0.2) is 8.42 Å². The minimum Gasteiger partial charge on any atom is -0.497 e. The highest BCUT2D eigenvalue weighted by molar-refractivity contribution is 7.92. The Bertz CT molecular complexity index is 900. The molecule has 0 fully saturated rings. The fraction of sp³-hybridized carbons (Fsp3) is 0.350. The van der Waals surface area contributed by atoms with Crippen molar-refractivity contribution in [1.82, 2.24) is 5.32 Å². The first-order chi connectivity index (χ1) is 13.3. The van der Waals surface area contributed by atoms with Crippen LogP contribution in [0.15, 0.2) is 48.5 Å². The molecular formula is C20H26N2O5S. The molecule has 0 bridgehead atoms. The molecule has 152 valence electrons. The second kappa shape index (κ2) is 9.45. The Morgan fingerprint density at radius 3 is 2.36 bits per heavy atom. The normalized spacial score (nSPS) is 12.1. The van der Waals surface area contributed by atoms with Crippen LogP contribution in [0.1, 0.15) is 18.4 Å². The molecule has 0 saturated carbocycles. The molecule has 28 heavy (non-hydrogen) atoms. The van der Waals surface area contributed by atoms with E-state index in [2.05, 4.69) is 5.32 Å². The first kappa shape index (κ1) is 21.6. The standard InChI is InChI=1S/C20H26N2O5S/c1-15(16-8-6-5-7-9-16)13-21-20(23)14-22(28(4,24)25)18-11-10-17(26-2)12-19(18)27-3/h5-12,15H,13-14H2,1-4H3,(H,21,23). The summed E-state index contributed by atoms with van der Waals surface area (Å²) in [5.74, 6) is 0.531. The number of rotatable bonds is 9. The number of nitrogens with zero attached hydrogens (tertiary/aromatic N) is 1. The second-order valence-electron chi connectivity index (χ2n) is 6.42. The van der Waals surface area contributed by atoms with Gasteiger partial charge in [-0.2, -0.15) is 0 Å². The van der Waals surface area contributed by atoms with Crippen LogP contribution in [0.4, 0.5) is 5.69 Å². The predicted molar refractivity (Wildman–Crippen MR) is 110 cm³/mol. The zero-order valence-corrected chi connectivity index (χ0v) is 17.3. The molecule has 2 rings (SSSR count).